The fourth-order valence-corrected chi connectivity index (χ4v) is 3.75. The average Bonchev–Trinajstić information content (AvgIpc) is 3.15. The third-order valence-corrected chi connectivity index (χ3v) is 5.03. The summed E-state index contributed by atoms with van der Waals surface area (Å²) in [6, 6.07) is 8.69. The van der Waals surface area contributed by atoms with Crippen LogP contribution in [0.15, 0.2) is 36.8 Å². The maximum atomic E-state index is 11.6. The first-order valence-electron chi connectivity index (χ1n) is 8.59. The maximum absolute atomic E-state index is 11.6. The lowest BCUT2D eigenvalue weighted by Crippen LogP contribution is -2.15. The predicted octanol–water partition coefficient (Wildman–Crippen LogP) is 2.83. The fourth-order valence-electron chi connectivity index (χ4n) is 3.75. The van der Waals surface area contributed by atoms with Crippen LogP contribution in [-0.2, 0) is 21.5 Å². The van der Waals surface area contributed by atoms with Crippen molar-refractivity contribution in [2.24, 2.45) is 0 Å². The standard InChI is InChI=1S/C19H21N5O2/c1-19(2)8-15(12-6-4-5-7-14(12)19)23-17-13-9-22-24(10-16(25)26-3)18(13)21-11-20-17/h4-7,9,11,15H,8,10H2,1-3H3,(H,20,21,23). The summed E-state index contributed by atoms with van der Waals surface area (Å²) in [6.45, 7) is 4.55. The lowest BCUT2D eigenvalue weighted by atomic mass is 9.86. The van der Waals surface area contributed by atoms with E-state index in [0.717, 1.165) is 17.6 Å². The molecule has 0 saturated heterocycles. The number of rotatable bonds is 4. The largest absolute Gasteiger partial charge is 0.468 e. The Bertz CT molecular complexity index is 979. The van der Waals surface area contributed by atoms with Crippen LogP contribution in [0, 0.1) is 0 Å². The number of hydrogen-bond donors (Lipinski definition) is 1. The van der Waals surface area contributed by atoms with Crippen LogP contribution in [-0.4, -0.2) is 32.8 Å². The number of fused-ring (bicyclic) bond motifs is 2. The summed E-state index contributed by atoms with van der Waals surface area (Å²) in [5.74, 6) is 0.359. The molecule has 2 aromatic heterocycles. The van der Waals surface area contributed by atoms with E-state index in [2.05, 4.69) is 58.5 Å². The Labute approximate surface area is 151 Å². The molecule has 0 bridgehead atoms. The van der Waals surface area contributed by atoms with E-state index >= 15 is 0 Å². The lowest BCUT2D eigenvalue weighted by Gasteiger charge is -2.19. The molecular formula is C19H21N5O2. The van der Waals surface area contributed by atoms with Crippen molar-refractivity contribution in [1.82, 2.24) is 19.7 Å². The van der Waals surface area contributed by atoms with Crippen molar-refractivity contribution in [1.29, 1.82) is 0 Å². The van der Waals surface area contributed by atoms with Crippen LogP contribution < -0.4 is 5.32 Å². The van der Waals surface area contributed by atoms with Crippen LogP contribution in [0.2, 0.25) is 0 Å². The van der Waals surface area contributed by atoms with Crippen molar-refractivity contribution in [2.75, 3.05) is 12.4 Å². The molecule has 1 unspecified atom stereocenters. The number of carbonyl (C=O) groups is 1. The number of nitrogens with one attached hydrogen (secondary N) is 1. The number of carbonyl (C=O) groups excluding carboxylic acids is 1. The molecule has 4 rings (SSSR count). The van der Waals surface area contributed by atoms with Gasteiger partial charge in [0.1, 0.15) is 18.7 Å². The number of esters is 1. The molecule has 0 radical (unpaired) electrons. The van der Waals surface area contributed by atoms with Crippen LogP contribution in [0.3, 0.4) is 0 Å². The molecule has 7 heteroatoms. The number of nitrogens with zero attached hydrogens (tertiary/aromatic N) is 4. The monoisotopic (exact) mass is 351 g/mol. The third kappa shape index (κ3) is 2.69. The number of methoxy groups -OCH3 is 1. The summed E-state index contributed by atoms with van der Waals surface area (Å²) in [4.78, 5) is 20.2. The van der Waals surface area contributed by atoms with E-state index in [-0.39, 0.29) is 24.0 Å². The van der Waals surface area contributed by atoms with Crippen molar-refractivity contribution in [3.05, 3.63) is 47.9 Å². The predicted molar refractivity (Wildman–Crippen MR) is 97.8 cm³/mol. The van der Waals surface area contributed by atoms with Crippen molar-refractivity contribution in [2.45, 2.75) is 38.3 Å². The number of benzene rings is 1. The first-order chi connectivity index (χ1) is 12.5. The summed E-state index contributed by atoms with van der Waals surface area (Å²) in [5.41, 5.74) is 3.38. The van der Waals surface area contributed by atoms with Gasteiger partial charge < -0.3 is 10.1 Å². The molecular weight excluding hydrogens is 330 g/mol. The highest BCUT2D eigenvalue weighted by atomic mass is 16.5. The number of ether oxygens (including phenoxy) is 1. The third-order valence-electron chi connectivity index (χ3n) is 5.03. The van der Waals surface area contributed by atoms with Gasteiger partial charge in [-0.1, -0.05) is 38.1 Å². The van der Waals surface area contributed by atoms with Gasteiger partial charge in [-0.15, -0.1) is 0 Å². The lowest BCUT2D eigenvalue weighted by molar-refractivity contribution is -0.141. The van der Waals surface area contributed by atoms with Gasteiger partial charge in [0.15, 0.2) is 5.65 Å². The smallest absolute Gasteiger partial charge is 0.327 e. The Morgan fingerprint density at radius 1 is 1.35 bits per heavy atom. The molecule has 1 aromatic carbocycles. The zero-order valence-corrected chi connectivity index (χ0v) is 15.1. The molecule has 1 atom stereocenters. The second-order valence-electron chi connectivity index (χ2n) is 7.21. The second kappa shape index (κ2) is 6.09. The molecule has 3 aromatic rings. The minimum Gasteiger partial charge on any atom is -0.468 e. The van der Waals surface area contributed by atoms with Crippen molar-refractivity contribution >= 4 is 22.8 Å². The van der Waals surface area contributed by atoms with Crippen LogP contribution in [0.5, 0.6) is 0 Å². The quantitative estimate of drug-likeness (QED) is 0.728. The molecule has 1 N–H and O–H groups in total. The van der Waals surface area contributed by atoms with E-state index in [1.165, 1.54) is 29.2 Å². The Morgan fingerprint density at radius 3 is 2.96 bits per heavy atom. The Hall–Kier alpha value is -2.96. The summed E-state index contributed by atoms with van der Waals surface area (Å²) < 4.78 is 6.24. The molecule has 0 aliphatic heterocycles. The zero-order valence-electron chi connectivity index (χ0n) is 15.1. The molecule has 2 heterocycles. The molecule has 26 heavy (non-hydrogen) atoms. The minimum atomic E-state index is -0.366. The van der Waals surface area contributed by atoms with Crippen LogP contribution >= 0.6 is 0 Å². The molecule has 134 valence electrons. The molecule has 1 aliphatic carbocycles. The van der Waals surface area contributed by atoms with E-state index < -0.39 is 0 Å². The van der Waals surface area contributed by atoms with Crippen molar-refractivity contribution < 1.29 is 9.53 Å². The van der Waals surface area contributed by atoms with Crippen molar-refractivity contribution in [3.8, 4) is 0 Å². The highest BCUT2D eigenvalue weighted by Crippen LogP contribution is 2.45. The number of aromatic nitrogens is 4. The number of hydrogen-bond acceptors (Lipinski definition) is 6. The van der Waals surface area contributed by atoms with Gasteiger partial charge in [0.25, 0.3) is 0 Å². The molecule has 0 saturated carbocycles. The van der Waals surface area contributed by atoms with E-state index in [9.17, 15) is 4.79 Å². The molecule has 0 amide bonds. The second-order valence-corrected chi connectivity index (χ2v) is 7.21. The topological polar surface area (TPSA) is 81.9 Å². The van der Waals surface area contributed by atoms with Gasteiger partial charge in [0.05, 0.1) is 24.7 Å². The highest BCUT2D eigenvalue weighted by molar-refractivity contribution is 5.87. The van der Waals surface area contributed by atoms with Crippen molar-refractivity contribution in [3.63, 3.8) is 0 Å². The first-order valence-corrected chi connectivity index (χ1v) is 8.59. The van der Waals surface area contributed by atoms with Gasteiger partial charge in [-0.3, -0.25) is 4.79 Å². The van der Waals surface area contributed by atoms with Gasteiger partial charge in [-0.25, -0.2) is 14.6 Å². The summed E-state index contributed by atoms with van der Waals surface area (Å²) in [6.07, 6.45) is 4.16. The minimum absolute atomic E-state index is 0.0236. The number of anilines is 1. The molecule has 0 spiro atoms. The van der Waals surface area contributed by atoms with Gasteiger partial charge >= 0.3 is 5.97 Å². The van der Waals surface area contributed by atoms with E-state index in [0.29, 0.717) is 5.65 Å². The van der Waals surface area contributed by atoms with E-state index in [1.807, 2.05) is 0 Å². The van der Waals surface area contributed by atoms with Gasteiger partial charge in [-0.05, 0) is 23.0 Å². The summed E-state index contributed by atoms with van der Waals surface area (Å²) in [7, 11) is 1.36. The van der Waals surface area contributed by atoms with Gasteiger partial charge in [0, 0.05) is 0 Å². The van der Waals surface area contributed by atoms with E-state index in [1.54, 1.807) is 6.20 Å². The van der Waals surface area contributed by atoms with Gasteiger partial charge in [-0.2, -0.15) is 5.10 Å². The molecule has 1 aliphatic rings. The fraction of sp³-hybridized carbons (Fsp3) is 0.368. The summed E-state index contributed by atoms with van der Waals surface area (Å²) >= 11 is 0. The van der Waals surface area contributed by atoms with Gasteiger partial charge in [0.2, 0.25) is 0 Å². The summed E-state index contributed by atoms with van der Waals surface area (Å²) in [5, 5.41) is 8.61. The Balaban J connectivity index is 1.68. The first kappa shape index (κ1) is 16.5. The Kier molecular flexibility index (Phi) is 3.86. The zero-order chi connectivity index (χ0) is 18.3. The molecule has 0 fully saturated rings. The van der Waals surface area contributed by atoms with E-state index in [4.69, 9.17) is 4.74 Å². The van der Waals surface area contributed by atoms with Crippen LogP contribution in [0.4, 0.5) is 5.82 Å². The van der Waals surface area contributed by atoms with Crippen LogP contribution in [0.1, 0.15) is 37.4 Å². The SMILES string of the molecule is COC(=O)Cn1ncc2c(NC3CC(C)(C)c4ccccc43)ncnc21. The maximum Gasteiger partial charge on any atom is 0.327 e. The normalized spacial score (nSPS) is 17.9. The molecule has 7 nitrogen and oxygen atoms in total. The Morgan fingerprint density at radius 2 is 2.15 bits per heavy atom. The highest BCUT2D eigenvalue weighted by Gasteiger charge is 2.36. The average molecular weight is 351 g/mol. The van der Waals surface area contributed by atoms with Crippen LogP contribution in [0.25, 0.3) is 11.0 Å².